The summed E-state index contributed by atoms with van der Waals surface area (Å²) in [7, 11) is 1.37. The van der Waals surface area contributed by atoms with Crippen molar-refractivity contribution in [1.82, 2.24) is 4.90 Å². The number of hydrogen-bond donors (Lipinski definition) is 0. The molecule has 1 aromatic rings. The van der Waals surface area contributed by atoms with E-state index >= 15 is 0 Å². The first-order chi connectivity index (χ1) is 10.1. The van der Waals surface area contributed by atoms with Crippen LogP contribution in [0.2, 0.25) is 0 Å². The molecule has 1 rings (SSSR count). The minimum absolute atomic E-state index is 0.161. The number of benzene rings is 1. The van der Waals surface area contributed by atoms with Crippen LogP contribution in [0, 0.1) is 17.0 Å². The topological polar surface area (TPSA) is 89.8 Å². The van der Waals surface area contributed by atoms with Gasteiger partial charge in [-0.2, -0.15) is 0 Å². The van der Waals surface area contributed by atoms with Gasteiger partial charge in [0.25, 0.3) is 5.69 Å². The van der Waals surface area contributed by atoms with Crippen molar-refractivity contribution in [3.63, 3.8) is 0 Å². The molecule has 0 aliphatic carbocycles. The SMILES string of the molecule is Cc1ccc([N+](=O)[O-])c(C(C=O)N(C)C(=O)OC(C)(C)C)c1. The molecule has 0 spiro atoms. The second-order valence-electron chi connectivity index (χ2n) is 5.99. The molecule has 0 N–H and O–H groups in total. The lowest BCUT2D eigenvalue weighted by molar-refractivity contribution is -0.385. The van der Waals surface area contributed by atoms with Gasteiger partial charge in [-0.15, -0.1) is 0 Å². The van der Waals surface area contributed by atoms with E-state index in [2.05, 4.69) is 0 Å². The number of nitrogens with zero attached hydrogens (tertiary/aromatic N) is 2. The Kier molecular flexibility index (Phi) is 5.24. The summed E-state index contributed by atoms with van der Waals surface area (Å²) in [5.41, 5.74) is -0.0198. The summed E-state index contributed by atoms with van der Waals surface area (Å²) in [6, 6.07) is 3.34. The number of carbonyl (C=O) groups is 2. The number of hydrogen-bond acceptors (Lipinski definition) is 5. The smallest absolute Gasteiger partial charge is 0.410 e. The van der Waals surface area contributed by atoms with Gasteiger partial charge in [0.1, 0.15) is 17.9 Å². The lowest BCUT2D eigenvalue weighted by Crippen LogP contribution is -2.37. The molecule has 0 bridgehead atoms. The Balaban J connectivity index is 3.21. The molecule has 0 aromatic heterocycles. The molecular weight excluding hydrogens is 288 g/mol. The lowest BCUT2D eigenvalue weighted by Gasteiger charge is -2.28. The minimum Gasteiger partial charge on any atom is -0.444 e. The van der Waals surface area contributed by atoms with Gasteiger partial charge < -0.3 is 9.53 Å². The van der Waals surface area contributed by atoms with E-state index in [1.54, 1.807) is 33.8 Å². The third-order valence-electron chi connectivity index (χ3n) is 2.93. The van der Waals surface area contributed by atoms with Crippen LogP contribution in [-0.4, -0.2) is 34.9 Å². The van der Waals surface area contributed by atoms with E-state index in [1.165, 1.54) is 19.2 Å². The molecular formula is C15H20N2O5. The van der Waals surface area contributed by atoms with E-state index in [0.717, 1.165) is 10.5 Å². The van der Waals surface area contributed by atoms with Crippen molar-refractivity contribution in [2.75, 3.05) is 7.05 Å². The molecule has 22 heavy (non-hydrogen) atoms. The van der Waals surface area contributed by atoms with Crippen molar-refractivity contribution in [3.8, 4) is 0 Å². The monoisotopic (exact) mass is 308 g/mol. The second kappa shape index (κ2) is 6.55. The van der Waals surface area contributed by atoms with Gasteiger partial charge in [-0.1, -0.05) is 11.6 Å². The molecule has 0 heterocycles. The number of ether oxygens (including phenoxy) is 1. The molecule has 7 heteroatoms. The molecule has 0 radical (unpaired) electrons. The molecule has 1 aromatic carbocycles. The fraction of sp³-hybridized carbons (Fsp3) is 0.467. The van der Waals surface area contributed by atoms with Gasteiger partial charge in [0, 0.05) is 13.1 Å². The van der Waals surface area contributed by atoms with Crippen molar-refractivity contribution in [1.29, 1.82) is 0 Å². The molecule has 1 amide bonds. The maximum absolute atomic E-state index is 12.1. The van der Waals surface area contributed by atoms with Crippen LogP contribution in [-0.2, 0) is 9.53 Å². The first-order valence-corrected chi connectivity index (χ1v) is 6.73. The Morgan fingerprint density at radius 2 is 2.00 bits per heavy atom. The van der Waals surface area contributed by atoms with Gasteiger partial charge in [0.15, 0.2) is 0 Å². The molecule has 0 aliphatic rings. The lowest BCUT2D eigenvalue weighted by atomic mass is 10.0. The number of nitro groups is 1. The Morgan fingerprint density at radius 3 is 2.45 bits per heavy atom. The van der Waals surface area contributed by atoms with E-state index in [1.807, 2.05) is 0 Å². The van der Waals surface area contributed by atoms with E-state index in [-0.39, 0.29) is 11.3 Å². The highest BCUT2D eigenvalue weighted by Gasteiger charge is 2.30. The number of rotatable bonds is 4. The summed E-state index contributed by atoms with van der Waals surface area (Å²) < 4.78 is 5.19. The Morgan fingerprint density at radius 1 is 1.41 bits per heavy atom. The highest BCUT2D eigenvalue weighted by Crippen LogP contribution is 2.29. The van der Waals surface area contributed by atoms with Crippen molar-refractivity contribution in [2.24, 2.45) is 0 Å². The number of carbonyl (C=O) groups excluding carboxylic acids is 2. The third-order valence-corrected chi connectivity index (χ3v) is 2.93. The van der Waals surface area contributed by atoms with Gasteiger partial charge in [-0.25, -0.2) is 4.79 Å². The third kappa shape index (κ3) is 4.28. The highest BCUT2D eigenvalue weighted by molar-refractivity contribution is 5.76. The van der Waals surface area contributed by atoms with Crippen LogP contribution in [0.4, 0.5) is 10.5 Å². The molecule has 7 nitrogen and oxygen atoms in total. The zero-order valence-corrected chi connectivity index (χ0v) is 13.3. The van der Waals surface area contributed by atoms with Crippen LogP contribution >= 0.6 is 0 Å². The fourth-order valence-electron chi connectivity index (χ4n) is 1.90. The standard InChI is InChI=1S/C15H20N2O5/c1-10-6-7-12(17(20)21)11(8-10)13(9-18)16(5)14(19)22-15(2,3)4/h6-9,13H,1-5H3. The summed E-state index contributed by atoms with van der Waals surface area (Å²) in [4.78, 5) is 35.1. The average Bonchev–Trinajstić information content (AvgIpc) is 2.37. The van der Waals surface area contributed by atoms with Gasteiger partial charge in [0.2, 0.25) is 0 Å². The minimum atomic E-state index is -1.09. The number of likely N-dealkylation sites (N-methyl/N-ethyl adjacent to an activating group) is 1. The predicted molar refractivity (Wildman–Crippen MR) is 80.6 cm³/mol. The zero-order chi connectivity index (χ0) is 17.1. The number of aryl methyl sites for hydroxylation is 1. The second-order valence-corrected chi connectivity index (χ2v) is 5.99. The van der Waals surface area contributed by atoms with Crippen molar-refractivity contribution >= 4 is 18.1 Å². The maximum atomic E-state index is 12.1. The molecule has 1 atom stereocenters. The van der Waals surface area contributed by atoms with Gasteiger partial charge in [0.05, 0.1) is 10.5 Å². The average molecular weight is 308 g/mol. The van der Waals surface area contributed by atoms with Crippen LogP contribution in [0.15, 0.2) is 18.2 Å². The van der Waals surface area contributed by atoms with Crippen LogP contribution in [0.25, 0.3) is 0 Å². The van der Waals surface area contributed by atoms with Gasteiger partial charge in [-0.05, 0) is 33.8 Å². The Hall–Kier alpha value is -2.44. The Labute approximate surface area is 129 Å². The highest BCUT2D eigenvalue weighted by atomic mass is 16.6. The number of amides is 1. The van der Waals surface area contributed by atoms with Gasteiger partial charge in [-0.3, -0.25) is 15.0 Å². The maximum Gasteiger partial charge on any atom is 0.410 e. The first-order valence-electron chi connectivity index (χ1n) is 6.73. The van der Waals surface area contributed by atoms with Crippen LogP contribution in [0.3, 0.4) is 0 Å². The summed E-state index contributed by atoms with van der Waals surface area (Å²) >= 11 is 0. The summed E-state index contributed by atoms with van der Waals surface area (Å²) in [6.07, 6.45) is -0.230. The normalized spacial score (nSPS) is 12.4. The van der Waals surface area contributed by atoms with Crippen LogP contribution < -0.4 is 0 Å². The van der Waals surface area contributed by atoms with Crippen molar-refractivity contribution < 1.29 is 19.2 Å². The van der Waals surface area contributed by atoms with E-state index in [4.69, 9.17) is 4.74 Å². The van der Waals surface area contributed by atoms with Crippen molar-refractivity contribution in [3.05, 3.63) is 39.4 Å². The van der Waals surface area contributed by atoms with E-state index < -0.39 is 22.7 Å². The molecule has 0 aliphatic heterocycles. The molecule has 1 unspecified atom stereocenters. The fourth-order valence-corrected chi connectivity index (χ4v) is 1.90. The van der Waals surface area contributed by atoms with Crippen molar-refractivity contribution in [2.45, 2.75) is 39.3 Å². The number of nitro benzene ring substituents is 1. The molecule has 0 saturated heterocycles. The van der Waals surface area contributed by atoms with E-state index in [0.29, 0.717) is 6.29 Å². The van der Waals surface area contributed by atoms with Crippen LogP contribution in [0.5, 0.6) is 0 Å². The molecule has 120 valence electrons. The van der Waals surface area contributed by atoms with Gasteiger partial charge >= 0.3 is 6.09 Å². The summed E-state index contributed by atoms with van der Waals surface area (Å²) in [6.45, 7) is 6.85. The zero-order valence-electron chi connectivity index (χ0n) is 13.3. The summed E-state index contributed by atoms with van der Waals surface area (Å²) in [5.74, 6) is 0. The largest absolute Gasteiger partial charge is 0.444 e. The quantitative estimate of drug-likeness (QED) is 0.484. The predicted octanol–water partition coefficient (Wildman–Crippen LogP) is 3.01. The van der Waals surface area contributed by atoms with Crippen LogP contribution in [0.1, 0.15) is 37.9 Å². The van der Waals surface area contributed by atoms with E-state index in [9.17, 15) is 19.7 Å². The molecule has 0 saturated carbocycles. The number of aldehydes is 1. The molecule has 0 fully saturated rings. The first kappa shape index (κ1) is 17.6. The summed E-state index contributed by atoms with van der Waals surface area (Å²) in [5, 5.41) is 11.1. The Bertz CT molecular complexity index is 592.